The van der Waals surface area contributed by atoms with Crippen molar-refractivity contribution in [2.24, 2.45) is 0 Å². The highest BCUT2D eigenvalue weighted by atomic mass is 32.2. The molecule has 3 N–H and O–H groups in total. The van der Waals surface area contributed by atoms with Gasteiger partial charge in [-0.05, 0) is 42.8 Å². The maximum Gasteiger partial charge on any atom is 0.268 e. The van der Waals surface area contributed by atoms with Crippen LogP contribution in [0.3, 0.4) is 0 Å². The SMILES string of the molecule is CC(NC(=O)c1cc(S(=O)(=O)Nc2ccccc2F)c[nH]1)c1ccc(F)cc1. The molecular formula is C19H17F2N3O3S. The molecule has 0 radical (unpaired) electrons. The van der Waals surface area contributed by atoms with Gasteiger partial charge in [0.15, 0.2) is 0 Å². The smallest absolute Gasteiger partial charge is 0.268 e. The van der Waals surface area contributed by atoms with Crippen molar-refractivity contribution in [3.63, 3.8) is 0 Å². The van der Waals surface area contributed by atoms with E-state index in [-0.39, 0.29) is 22.1 Å². The Morgan fingerprint density at radius 1 is 1.07 bits per heavy atom. The first kappa shape index (κ1) is 19.6. The fourth-order valence-corrected chi connectivity index (χ4v) is 3.58. The Labute approximate surface area is 160 Å². The van der Waals surface area contributed by atoms with Crippen molar-refractivity contribution in [1.29, 1.82) is 0 Å². The largest absolute Gasteiger partial charge is 0.356 e. The lowest BCUT2D eigenvalue weighted by molar-refractivity contribution is 0.0935. The number of H-pyrrole nitrogens is 1. The minimum absolute atomic E-state index is 0.0165. The summed E-state index contributed by atoms with van der Waals surface area (Å²) in [5, 5.41) is 2.69. The molecule has 0 saturated heterocycles. The van der Waals surface area contributed by atoms with Crippen LogP contribution in [-0.2, 0) is 10.0 Å². The summed E-state index contributed by atoms with van der Waals surface area (Å²) in [7, 11) is -4.08. The van der Waals surface area contributed by atoms with Crippen LogP contribution in [0.15, 0.2) is 65.7 Å². The number of carbonyl (C=O) groups is 1. The van der Waals surface area contributed by atoms with Crippen molar-refractivity contribution in [1.82, 2.24) is 10.3 Å². The van der Waals surface area contributed by atoms with Gasteiger partial charge in [-0.15, -0.1) is 0 Å². The van der Waals surface area contributed by atoms with Gasteiger partial charge in [0, 0.05) is 6.20 Å². The third-order valence-corrected chi connectivity index (χ3v) is 5.39. The lowest BCUT2D eigenvalue weighted by Gasteiger charge is -2.13. The van der Waals surface area contributed by atoms with E-state index < -0.39 is 27.8 Å². The number of rotatable bonds is 6. The molecule has 0 bridgehead atoms. The number of para-hydroxylation sites is 1. The van der Waals surface area contributed by atoms with Crippen molar-refractivity contribution >= 4 is 21.6 Å². The molecule has 28 heavy (non-hydrogen) atoms. The van der Waals surface area contributed by atoms with Crippen LogP contribution in [0, 0.1) is 11.6 Å². The lowest BCUT2D eigenvalue weighted by atomic mass is 10.1. The van der Waals surface area contributed by atoms with E-state index in [1.165, 1.54) is 30.3 Å². The van der Waals surface area contributed by atoms with Crippen LogP contribution in [0.5, 0.6) is 0 Å². The molecule has 1 atom stereocenters. The summed E-state index contributed by atoms with van der Waals surface area (Å²) in [5.41, 5.74) is 0.512. The summed E-state index contributed by atoms with van der Waals surface area (Å²) in [6.07, 6.45) is 1.14. The monoisotopic (exact) mass is 405 g/mol. The molecule has 1 amide bonds. The molecule has 1 heterocycles. The molecule has 6 nitrogen and oxygen atoms in total. The van der Waals surface area contributed by atoms with Crippen LogP contribution < -0.4 is 10.0 Å². The number of aromatic amines is 1. The molecule has 0 spiro atoms. The van der Waals surface area contributed by atoms with Crippen molar-refractivity contribution in [3.05, 3.63) is 83.7 Å². The van der Waals surface area contributed by atoms with Gasteiger partial charge in [0.1, 0.15) is 22.2 Å². The van der Waals surface area contributed by atoms with Gasteiger partial charge in [0.05, 0.1) is 11.7 Å². The Hall–Kier alpha value is -3.20. The Bertz CT molecular complexity index is 1100. The van der Waals surface area contributed by atoms with Crippen molar-refractivity contribution < 1.29 is 22.0 Å². The van der Waals surface area contributed by atoms with Gasteiger partial charge in [-0.3, -0.25) is 9.52 Å². The first-order chi connectivity index (χ1) is 13.3. The third kappa shape index (κ3) is 4.37. The Kier molecular flexibility index (Phi) is 5.46. The Morgan fingerprint density at radius 3 is 2.43 bits per heavy atom. The fourth-order valence-electron chi connectivity index (χ4n) is 2.52. The van der Waals surface area contributed by atoms with Crippen LogP contribution in [-0.4, -0.2) is 19.3 Å². The third-order valence-electron chi connectivity index (χ3n) is 4.05. The molecule has 1 aromatic heterocycles. The number of carbonyl (C=O) groups excluding carboxylic acids is 1. The van der Waals surface area contributed by atoms with Crippen molar-refractivity contribution in [2.45, 2.75) is 17.9 Å². The maximum atomic E-state index is 13.7. The normalized spacial score (nSPS) is 12.4. The minimum Gasteiger partial charge on any atom is -0.356 e. The second kappa shape index (κ2) is 7.81. The minimum atomic E-state index is -4.08. The molecule has 0 fully saturated rings. The van der Waals surface area contributed by atoms with Crippen LogP contribution in [0.25, 0.3) is 0 Å². The zero-order chi connectivity index (χ0) is 20.3. The molecule has 3 rings (SSSR count). The summed E-state index contributed by atoms with van der Waals surface area (Å²) < 4.78 is 53.6. The summed E-state index contributed by atoms with van der Waals surface area (Å²) in [6, 6.07) is 11.7. The highest BCUT2D eigenvalue weighted by Gasteiger charge is 2.20. The van der Waals surface area contributed by atoms with Crippen LogP contribution in [0.2, 0.25) is 0 Å². The molecule has 3 aromatic rings. The number of benzene rings is 2. The zero-order valence-electron chi connectivity index (χ0n) is 14.7. The molecule has 0 aliphatic rings. The number of anilines is 1. The van der Waals surface area contributed by atoms with E-state index in [0.29, 0.717) is 5.56 Å². The molecule has 0 saturated carbocycles. The topological polar surface area (TPSA) is 91.1 Å². The van der Waals surface area contributed by atoms with E-state index in [4.69, 9.17) is 0 Å². The zero-order valence-corrected chi connectivity index (χ0v) is 15.6. The van der Waals surface area contributed by atoms with Gasteiger partial charge in [-0.1, -0.05) is 24.3 Å². The number of nitrogens with one attached hydrogen (secondary N) is 3. The summed E-state index contributed by atoms with van der Waals surface area (Å²) in [5.74, 6) is -1.64. The molecule has 9 heteroatoms. The molecular weight excluding hydrogens is 388 g/mol. The van der Waals surface area contributed by atoms with E-state index in [1.54, 1.807) is 19.1 Å². The highest BCUT2D eigenvalue weighted by molar-refractivity contribution is 7.92. The van der Waals surface area contributed by atoms with Gasteiger partial charge >= 0.3 is 0 Å². The van der Waals surface area contributed by atoms with Crippen molar-refractivity contribution in [3.8, 4) is 0 Å². The maximum absolute atomic E-state index is 13.7. The van der Waals surface area contributed by atoms with E-state index in [0.717, 1.165) is 18.3 Å². The molecule has 0 aliphatic heterocycles. The van der Waals surface area contributed by atoms with Crippen LogP contribution >= 0.6 is 0 Å². The van der Waals surface area contributed by atoms with E-state index in [2.05, 4.69) is 15.0 Å². The average Bonchev–Trinajstić information content (AvgIpc) is 3.15. The standard InChI is InChI=1S/C19H17F2N3O3S/c1-12(13-6-8-14(20)9-7-13)23-19(25)18-10-15(11-22-18)28(26,27)24-17-5-3-2-4-16(17)21/h2-12,22,24H,1H3,(H,23,25). The van der Waals surface area contributed by atoms with Gasteiger partial charge in [0.2, 0.25) is 0 Å². The van der Waals surface area contributed by atoms with Gasteiger partial charge < -0.3 is 10.3 Å². The van der Waals surface area contributed by atoms with Crippen molar-refractivity contribution in [2.75, 3.05) is 4.72 Å². The first-order valence-corrected chi connectivity index (χ1v) is 9.76. The number of sulfonamides is 1. The van der Waals surface area contributed by atoms with E-state index in [9.17, 15) is 22.0 Å². The Morgan fingerprint density at radius 2 is 1.75 bits per heavy atom. The summed E-state index contributed by atoms with van der Waals surface area (Å²) in [4.78, 5) is 14.7. The predicted octanol–water partition coefficient (Wildman–Crippen LogP) is 3.58. The number of hydrogen-bond acceptors (Lipinski definition) is 3. The Balaban J connectivity index is 1.73. The van der Waals surface area contributed by atoms with Gasteiger partial charge in [-0.25, -0.2) is 17.2 Å². The first-order valence-electron chi connectivity index (χ1n) is 8.28. The predicted molar refractivity (Wildman–Crippen MR) is 100 cm³/mol. The van der Waals surface area contributed by atoms with Gasteiger partial charge in [-0.2, -0.15) is 0 Å². The summed E-state index contributed by atoms with van der Waals surface area (Å²) >= 11 is 0. The van der Waals surface area contributed by atoms with E-state index >= 15 is 0 Å². The molecule has 146 valence electrons. The van der Waals surface area contributed by atoms with Crippen LogP contribution in [0.4, 0.5) is 14.5 Å². The van der Waals surface area contributed by atoms with Crippen LogP contribution in [0.1, 0.15) is 29.0 Å². The second-order valence-electron chi connectivity index (χ2n) is 6.08. The molecule has 0 aliphatic carbocycles. The van der Waals surface area contributed by atoms with Gasteiger partial charge in [0.25, 0.3) is 15.9 Å². The molecule has 2 aromatic carbocycles. The summed E-state index contributed by atoms with van der Waals surface area (Å²) in [6.45, 7) is 1.71. The molecule has 1 unspecified atom stereocenters. The number of aromatic nitrogens is 1. The highest BCUT2D eigenvalue weighted by Crippen LogP contribution is 2.20. The number of amides is 1. The second-order valence-corrected chi connectivity index (χ2v) is 7.76. The average molecular weight is 405 g/mol. The number of hydrogen-bond donors (Lipinski definition) is 3. The quantitative estimate of drug-likeness (QED) is 0.585. The lowest BCUT2D eigenvalue weighted by Crippen LogP contribution is -2.26. The van der Waals surface area contributed by atoms with E-state index in [1.807, 2.05) is 0 Å². The number of halogens is 2. The fraction of sp³-hybridized carbons (Fsp3) is 0.105.